The standard InChI is InChI=1S/C21H32O2S/c1-20-11-9-18(22)14(12-24-3)16(20)5-4-13-15-6-7-19(23)21(15,2)10-8-17(13)20/h13,15,17,19,23H,4-12H2,1-3H3/t13-,15-,17-,19-,20-,21-/m0/s1. The zero-order chi connectivity index (χ0) is 17.1. The van der Waals surface area contributed by atoms with Crippen molar-refractivity contribution >= 4 is 17.5 Å². The first-order valence-electron chi connectivity index (χ1n) is 9.84. The van der Waals surface area contributed by atoms with Gasteiger partial charge in [0.1, 0.15) is 0 Å². The van der Waals surface area contributed by atoms with Gasteiger partial charge in [0, 0.05) is 17.7 Å². The first-order chi connectivity index (χ1) is 11.4. The third-order valence-corrected chi connectivity index (χ3v) is 9.06. The van der Waals surface area contributed by atoms with Crippen molar-refractivity contribution in [2.45, 2.75) is 71.3 Å². The van der Waals surface area contributed by atoms with E-state index in [1.165, 1.54) is 36.8 Å². The Kier molecular flexibility index (Phi) is 4.20. The normalized spacial score (nSPS) is 48.1. The van der Waals surface area contributed by atoms with E-state index >= 15 is 0 Å². The summed E-state index contributed by atoms with van der Waals surface area (Å²) in [5, 5.41) is 10.6. The maximum atomic E-state index is 12.5. The van der Waals surface area contributed by atoms with Crippen LogP contribution in [0.5, 0.6) is 0 Å². The van der Waals surface area contributed by atoms with Gasteiger partial charge in [0.05, 0.1) is 6.10 Å². The lowest BCUT2D eigenvalue weighted by Gasteiger charge is -2.58. The molecule has 3 fully saturated rings. The molecular formula is C21H32O2S. The van der Waals surface area contributed by atoms with E-state index in [4.69, 9.17) is 0 Å². The van der Waals surface area contributed by atoms with Crippen LogP contribution < -0.4 is 0 Å². The zero-order valence-corrected chi connectivity index (χ0v) is 16.3. The Balaban J connectivity index is 1.71. The molecule has 4 rings (SSSR count). The van der Waals surface area contributed by atoms with Gasteiger partial charge in [-0.05, 0) is 79.8 Å². The number of thioether (sulfide) groups is 1. The SMILES string of the molecule is CSCC1=C2CC[C@H]3[C@@H]4CC[C@H](O)[C@@]4(C)CC[C@@H]3[C@@]2(C)CCC1=O. The van der Waals surface area contributed by atoms with Crippen LogP contribution in [0.15, 0.2) is 11.1 Å². The monoisotopic (exact) mass is 348 g/mol. The van der Waals surface area contributed by atoms with Crippen molar-refractivity contribution in [3.63, 3.8) is 0 Å². The highest BCUT2D eigenvalue weighted by Gasteiger charge is 2.59. The van der Waals surface area contributed by atoms with E-state index < -0.39 is 0 Å². The predicted octanol–water partition coefficient (Wildman–Crippen LogP) is 4.61. The van der Waals surface area contributed by atoms with Crippen molar-refractivity contribution in [2.24, 2.45) is 28.6 Å². The fourth-order valence-electron chi connectivity index (χ4n) is 7.11. The quantitative estimate of drug-likeness (QED) is 0.791. The van der Waals surface area contributed by atoms with E-state index in [1.807, 2.05) is 0 Å². The average Bonchev–Trinajstić information content (AvgIpc) is 2.86. The Hall–Kier alpha value is -0.280. The molecular weight excluding hydrogens is 316 g/mol. The molecule has 3 heteroatoms. The summed E-state index contributed by atoms with van der Waals surface area (Å²) in [5.41, 5.74) is 3.10. The van der Waals surface area contributed by atoms with Crippen LogP contribution in [0.25, 0.3) is 0 Å². The van der Waals surface area contributed by atoms with Gasteiger partial charge in [-0.2, -0.15) is 11.8 Å². The largest absolute Gasteiger partial charge is 0.393 e. The van der Waals surface area contributed by atoms with Gasteiger partial charge in [-0.25, -0.2) is 0 Å². The molecule has 134 valence electrons. The summed E-state index contributed by atoms with van der Waals surface area (Å²) in [5.74, 6) is 3.52. The van der Waals surface area contributed by atoms with Gasteiger partial charge >= 0.3 is 0 Å². The van der Waals surface area contributed by atoms with Crippen molar-refractivity contribution in [1.29, 1.82) is 0 Å². The van der Waals surface area contributed by atoms with E-state index in [0.29, 0.717) is 11.7 Å². The van der Waals surface area contributed by atoms with Crippen LogP contribution in [0.3, 0.4) is 0 Å². The van der Waals surface area contributed by atoms with Gasteiger partial charge in [-0.3, -0.25) is 4.79 Å². The van der Waals surface area contributed by atoms with Crippen molar-refractivity contribution < 1.29 is 9.90 Å². The summed E-state index contributed by atoms with van der Waals surface area (Å²) in [6.07, 6.45) is 10.8. The zero-order valence-electron chi connectivity index (χ0n) is 15.4. The van der Waals surface area contributed by atoms with Crippen LogP contribution in [0.4, 0.5) is 0 Å². The Morgan fingerprint density at radius 3 is 2.62 bits per heavy atom. The minimum absolute atomic E-state index is 0.0896. The number of hydrogen-bond acceptors (Lipinski definition) is 3. The van der Waals surface area contributed by atoms with Crippen LogP contribution in [0.1, 0.15) is 65.2 Å². The number of ketones is 1. The summed E-state index contributed by atoms with van der Waals surface area (Å²) >= 11 is 1.80. The van der Waals surface area contributed by atoms with E-state index in [2.05, 4.69) is 20.1 Å². The maximum Gasteiger partial charge on any atom is 0.159 e. The summed E-state index contributed by atoms with van der Waals surface area (Å²) in [7, 11) is 0. The van der Waals surface area contributed by atoms with Gasteiger partial charge in [0.2, 0.25) is 0 Å². The molecule has 0 heterocycles. The highest BCUT2D eigenvalue weighted by atomic mass is 32.2. The lowest BCUT2D eigenvalue weighted by atomic mass is 9.47. The van der Waals surface area contributed by atoms with Crippen molar-refractivity contribution in [3.8, 4) is 0 Å². The van der Waals surface area contributed by atoms with Crippen LogP contribution in [-0.4, -0.2) is 29.0 Å². The topological polar surface area (TPSA) is 37.3 Å². The molecule has 0 amide bonds. The number of rotatable bonds is 2. The van der Waals surface area contributed by atoms with Gasteiger partial charge in [0.25, 0.3) is 0 Å². The molecule has 4 aliphatic rings. The maximum absolute atomic E-state index is 12.5. The predicted molar refractivity (Wildman–Crippen MR) is 100 cm³/mol. The highest BCUT2D eigenvalue weighted by molar-refractivity contribution is 7.98. The lowest BCUT2D eigenvalue weighted by molar-refractivity contribution is -0.119. The summed E-state index contributed by atoms with van der Waals surface area (Å²) in [4.78, 5) is 12.5. The number of carbonyl (C=O) groups is 1. The van der Waals surface area contributed by atoms with Crippen LogP contribution >= 0.6 is 11.8 Å². The number of hydrogen-bond donors (Lipinski definition) is 1. The summed E-state index contributed by atoms with van der Waals surface area (Å²) in [6, 6.07) is 0. The Bertz CT molecular complexity index is 582. The van der Waals surface area contributed by atoms with Crippen LogP contribution in [0.2, 0.25) is 0 Å². The fraction of sp³-hybridized carbons (Fsp3) is 0.857. The minimum atomic E-state index is -0.0896. The van der Waals surface area contributed by atoms with E-state index in [0.717, 1.165) is 43.3 Å². The molecule has 6 atom stereocenters. The van der Waals surface area contributed by atoms with E-state index in [1.54, 1.807) is 11.8 Å². The van der Waals surface area contributed by atoms with Crippen LogP contribution in [0, 0.1) is 28.6 Å². The van der Waals surface area contributed by atoms with Crippen molar-refractivity contribution in [3.05, 3.63) is 11.1 Å². The molecule has 0 aromatic carbocycles. The molecule has 0 bridgehead atoms. The number of carbonyl (C=O) groups excluding carboxylic acids is 1. The number of Topliss-reactive ketones (excluding diaryl/α,β-unsaturated/α-hetero) is 1. The second-order valence-electron chi connectivity index (χ2n) is 9.28. The number of aliphatic hydroxyl groups excluding tert-OH is 1. The second-order valence-corrected chi connectivity index (χ2v) is 10.1. The van der Waals surface area contributed by atoms with Gasteiger partial charge in [-0.15, -0.1) is 0 Å². The minimum Gasteiger partial charge on any atom is -0.393 e. The van der Waals surface area contributed by atoms with Crippen LogP contribution in [-0.2, 0) is 4.79 Å². The summed E-state index contributed by atoms with van der Waals surface area (Å²) < 4.78 is 0. The number of fused-ring (bicyclic) bond motifs is 5. The fourth-order valence-corrected chi connectivity index (χ4v) is 7.73. The third kappa shape index (κ3) is 2.23. The lowest BCUT2D eigenvalue weighted by Crippen LogP contribution is -2.51. The molecule has 3 saturated carbocycles. The highest BCUT2D eigenvalue weighted by Crippen LogP contribution is 2.65. The average molecular weight is 349 g/mol. The first kappa shape index (κ1) is 17.1. The molecule has 0 aromatic heterocycles. The molecule has 4 aliphatic carbocycles. The molecule has 2 nitrogen and oxygen atoms in total. The van der Waals surface area contributed by atoms with E-state index in [9.17, 15) is 9.90 Å². The molecule has 24 heavy (non-hydrogen) atoms. The first-order valence-corrected chi connectivity index (χ1v) is 11.2. The van der Waals surface area contributed by atoms with Crippen molar-refractivity contribution in [1.82, 2.24) is 0 Å². The molecule has 0 aromatic rings. The molecule has 0 spiro atoms. The smallest absolute Gasteiger partial charge is 0.159 e. The van der Waals surface area contributed by atoms with E-state index in [-0.39, 0.29) is 16.9 Å². The summed E-state index contributed by atoms with van der Waals surface area (Å²) in [6.45, 7) is 4.82. The Morgan fingerprint density at radius 1 is 1.08 bits per heavy atom. The van der Waals surface area contributed by atoms with Crippen molar-refractivity contribution in [2.75, 3.05) is 12.0 Å². The second kappa shape index (κ2) is 5.87. The molecule has 0 aliphatic heterocycles. The number of aliphatic hydroxyl groups is 1. The molecule has 0 saturated heterocycles. The van der Waals surface area contributed by atoms with Gasteiger partial charge in [0.15, 0.2) is 5.78 Å². The van der Waals surface area contributed by atoms with Gasteiger partial charge in [-0.1, -0.05) is 19.4 Å². The third-order valence-electron chi connectivity index (χ3n) is 8.48. The molecule has 0 unspecified atom stereocenters. The molecule has 1 N–H and O–H groups in total. The number of allylic oxidation sites excluding steroid dienone is 1. The Morgan fingerprint density at radius 2 is 1.88 bits per heavy atom. The van der Waals surface area contributed by atoms with Gasteiger partial charge < -0.3 is 5.11 Å². The Labute approximate surface area is 150 Å². The molecule has 0 radical (unpaired) electrons.